The molecule has 0 aliphatic carbocycles. The lowest BCUT2D eigenvalue weighted by Crippen LogP contribution is -2.05. The van der Waals surface area contributed by atoms with Crippen LogP contribution in [0.4, 0.5) is 8.78 Å². The zero-order valence-electron chi connectivity index (χ0n) is 10.3. The number of alkyl halides is 2. The van der Waals surface area contributed by atoms with Crippen molar-refractivity contribution in [2.75, 3.05) is 0 Å². The van der Waals surface area contributed by atoms with Gasteiger partial charge in [-0.3, -0.25) is 4.79 Å². The number of carbonyl (C=O) groups is 1. The van der Waals surface area contributed by atoms with Gasteiger partial charge in [-0.1, -0.05) is 24.3 Å². The van der Waals surface area contributed by atoms with E-state index in [1.165, 1.54) is 24.3 Å². The van der Waals surface area contributed by atoms with Crippen molar-refractivity contribution < 1.29 is 18.3 Å². The normalized spacial score (nSPS) is 10.5. The third-order valence-corrected chi connectivity index (χ3v) is 2.73. The molecule has 0 bridgehead atoms. The van der Waals surface area contributed by atoms with Gasteiger partial charge < -0.3 is 4.74 Å². The molecule has 4 heteroatoms. The average molecular weight is 262 g/mol. The fraction of sp³-hybridized carbons (Fsp3) is 0.133. The molecule has 0 amide bonds. The molecule has 0 heterocycles. The molecule has 0 N–H and O–H groups in total. The molecule has 2 aromatic rings. The van der Waals surface area contributed by atoms with Crippen LogP contribution in [0, 0.1) is 6.92 Å². The molecule has 0 aromatic heterocycles. The van der Waals surface area contributed by atoms with E-state index < -0.39 is 6.61 Å². The third kappa shape index (κ3) is 3.16. The molecular weight excluding hydrogens is 250 g/mol. The summed E-state index contributed by atoms with van der Waals surface area (Å²) in [4.78, 5) is 12.2. The number of hydrogen-bond acceptors (Lipinski definition) is 2. The summed E-state index contributed by atoms with van der Waals surface area (Å²) in [6.07, 6.45) is 0. The molecular formula is C15H12F2O2. The van der Waals surface area contributed by atoms with Crippen molar-refractivity contribution in [3.63, 3.8) is 0 Å². The highest BCUT2D eigenvalue weighted by molar-refractivity contribution is 6.09. The highest BCUT2D eigenvalue weighted by Crippen LogP contribution is 2.18. The summed E-state index contributed by atoms with van der Waals surface area (Å²) < 4.78 is 28.3. The Balaban J connectivity index is 2.23. The largest absolute Gasteiger partial charge is 0.435 e. The van der Waals surface area contributed by atoms with E-state index in [1.54, 1.807) is 12.1 Å². The first kappa shape index (κ1) is 13.2. The van der Waals surface area contributed by atoms with Crippen LogP contribution in [0.2, 0.25) is 0 Å². The molecule has 2 nitrogen and oxygen atoms in total. The fourth-order valence-electron chi connectivity index (χ4n) is 1.77. The molecule has 0 aliphatic rings. The smallest absolute Gasteiger partial charge is 0.387 e. The number of carbonyl (C=O) groups excluding carboxylic acids is 1. The van der Waals surface area contributed by atoms with Crippen LogP contribution in [0.5, 0.6) is 5.75 Å². The van der Waals surface area contributed by atoms with Crippen molar-refractivity contribution in [2.45, 2.75) is 13.5 Å². The van der Waals surface area contributed by atoms with Crippen LogP contribution in [0.25, 0.3) is 0 Å². The van der Waals surface area contributed by atoms with E-state index in [1.807, 2.05) is 19.1 Å². The topological polar surface area (TPSA) is 26.3 Å². The highest BCUT2D eigenvalue weighted by Gasteiger charge is 2.11. The number of aryl methyl sites for hydroxylation is 1. The van der Waals surface area contributed by atoms with E-state index in [4.69, 9.17) is 0 Å². The molecule has 19 heavy (non-hydrogen) atoms. The van der Waals surface area contributed by atoms with E-state index in [9.17, 15) is 13.6 Å². The zero-order chi connectivity index (χ0) is 13.8. The van der Waals surface area contributed by atoms with Crippen LogP contribution < -0.4 is 4.74 Å². The summed E-state index contributed by atoms with van der Waals surface area (Å²) in [5, 5.41) is 0. The number of rotatable bonds is 4. The van der Waals surface area contributed by atoms with Crippen LogP contribution in [-0.2, 0) is 0 Å². The first-order valence-electron chi connectivity index (χ1n) is 5.73. The second kappa shape index (κ2) is 5.61. The quantitative estimate of drug-likeness (QED) is 0.783. The molecule has 0 saturated heterocycles. The molecule has 0 fully saturated rings. The lowest BCUT2D eigenvalue weighted by Gasteiger charge is -2.07. The predicted molar refractivity (Wildman–Crippen MR) is 67.7 cm³/mol. The number of ether oxygens (including phenoxy) is 1. The van der Waals surface area contributed by atoms with Gasteiger partial charge in [0.2, 0.25) is 0 Å². The van der Waals surface area contributed by atoms with Gasteiger partial charge in [0.15, 0.2) is 5.78 Å². The minimum absolute atomic E-state index is 0.0383. The molecule has 0 aliphatic heterocycles. The van der Waals surface area contributed by atoms with E-state index in [-0.39, 0.29) is 11.5 Å². The minimum Gasteiger partial charge on any atom is -0.435 e. The number of benzene rings is 2. The number of ketones is 1. The maximum absolute atomic E-state index is 12.2. The Morgan fingerprint density at radius 2 is 1.68 bits per heavy atom. The van der Waals surface area contributed by atoms with Gasteiger partial charge in [-0.05, 0) is 36.8 Å². The molecule has 2 aromatic carbocycles. The first-order valence-corrected chi connectivity index (χ1v) is 5.73. The summed E-state index contributed by atoms with van der Waals surface area (Å²) in [5.74, 6) is -0.0990. The summed E-state index contributed by atoms with van der Waals surface area (Å²) in [6, 6.07) is 12.9. The summed E-state index contributed by atoms with van der Waals surface area (Å²) in [5.41, 5.74) is 1.92. The standard InChI is InChI=1S/C15H12F2O2/c1-10-4-2-3-5-13(10)14(18)11-6-8-12(9-7-11)19-15(16)17/h2-9,15H,1H3. The Bertz CT molecular complexity index is 577. The van der Waals surface area contributed by atoms with Crippen molar-refractivity contribution in [1.82, 2.24) is 0 Å². The SMILES string of the molecule is Cc1ccccc1C(=O)c1ccc(OC(F)F)cc1. The van der Waals surface area contributed by atoms with Crippen LogP contribution in [0.15, 0.2) is 48.5 Å². The summed E-state index contributed by atoms with van der Waals surface area (Å²) in [6.45, 7) is -1.01. The fourth-order valence-corrected chi connectivity index (χ4v) is 1.77. The van der Waals surface area contributed by atoms with Crippen LogP contribution >= 0.6 is 0 Å². The summed E-state index contributed by atoms with van der Waals surface area (Å²) >= 11 is 0. The van der Waals surface area contributed by atoms with Crippen molar-refractivity contribution >= 4 is 5.78 Å². The van der Waals surface area contributed by atoms with Gasteiger partial charge >= 0.3 is 6.61 Å². The van der Waals surface area contributed by atoms with E-state index in [2.05, 4.69) is 4.74 Å². The Labute approximate surface area is 109 Å². The van der Waals surface area contributed by atoms with Gasteiger partial charge in [-0.25, -0.2) is 0 Å². The van der Waals surface area contributed by atoms with Crippen LogP contribution in [0.1, 0.15) is 21.5 Å². The van der Waals surface area contributed by atoms with Crippen molar-refractivity contribution in [1.29, 1.82) is 0 Å². The van der Waals surface area contributed by atoms with E-state index in [0.717, 1.165) is 5.56 Å². The van der Waals surface area contributed by atoms with Crippen LogP contribution in [-0.4, -0.2) is 12.4 Å². The van der Waals surface area contributed by atoms with Gasteiger partial charge in [-0.15, -0.1) is 0 Å². The molecule has 2 rings (SSSR count). The van der Waals surface area contributed by atoms with Crippen molar-refractivity contribution in [3.05, 3.63) is 65.2 Å². The van der Waals surface area contributed by atoms with Crippen molar-refractivity contribution in [3.8, 4) is 5.75 Å². The number of halogens is 2. The predicted octanol–water partition coefficient (Wildman–Crippen LogP) is 3.83. The average Bonchev–Trinajstić information content (AvgIpc) is 2.39. The monoisotopic (exact) mass is 262 g/mol. The van der Waals surface area contributed by atoms with E-state index >= 15 is 0 Å². The Morgan fingerprint density at radius 1 is 1.05 bits per heavy atom. The second-order valence-electron chi connectivity index (χ2n) is 4.05. The second-order valence-corrected chi connectivity index (χ2v) is 4.05. The van der Waals surface area contributed by atoms with E-state index in [0.29, 0.717) is 11.1 Å². The lowest BCUT2D eigenvalue weighted by atomic mass is 9.99. The van der Waals surface area contributed by atoms with Gasteiger partial charge in [0.1, 0.15) is 5.75 Å². The Kier molecular flexibility index (Phi) is 3.90. The molecule has 0 unspecified atom stereocenters. The zero-order valence-corrected chi connectivity index (χ0v) is 10.3. The van der Waals surface area contributed by atoms with Gasteiger partial charge in [0.05, 0.1) is 0 Å². The third-order valence-electron chi connectivity index (χ3n) is 2.73. The minimum atomic E-state index is -2.86. The lowest BCUT2D eigenvalue weighted by molar-refractivity contribution is -0.0498. The summed E-state index contributed by atoms with van der Waals surface area (Å²) in [7, 11) is 0. The molecule has 0 radical (unpaired) electrons. The Hall–Kier alpha value is -2.23. The van der Waals surface area contributed by atoms with Crippen LogP contribution in [0.3, 0.4) is 0 Å². The first-order chi connectivity index (χ1) is 9.08. The Morgan fingerprint density at radius 3 is 2.26 bits per heavy atom. The maximum atomic E-state index is 12.2. The molecule has 0 atom stereocenters. The number of hydrogen-bond donors (Lipinski definition) is 0. The van der Waals surface area contributed by atoms with Gasteiger partial charge in [0, 0.05) is 11.1 Å². The molecule has 0 saturated carbocycles. The maximum Gasteiger partial charge on any atom is 0.387 e. The van der Waals surface area contributed by atoms with Crippen molar-refractivity contribution in [2.24, 2.45) is 0 Å². The highest BCUT2D eigenvalue weighted by atomic mass is 19.3. The van der Waals surface area contributed by atoms with Gasteiger partial charge in [0.25, 0.3) is 0 Å². The van der Waals surface area contributed by atoms with Gasteiger partial charge in [-0.2, -0.15) is 8.78 Å². The molecule has 98 valence electrons. The molecule has 0 spiro atoms.